The number of anilines is 3. The van der Waals surface area contributed by atoms with Crippen molar-refractivity contribution in [3.63, 3.8) is 0 Å². The van der Waals surface area contributed by atoms with Crippen molar-refractivity contribution in [1.29, 1.82) is 0 Å². The van der Waals surface area contributed by atoms with Crippen LogP contribution in [0, 0.1) is 0 Å². The minimum atomic E-state index is 0.122. The van der Waals surface area contributed by atoms with Crippen LogP contribution in [0.2, 0.25) is 0 Å². The number of rotatable bonds is 2. The predicted molar refractivity (Wildman–Crippen MR) is 123 cm³/mol. The highest BCUT2D eigenvalue weighted by atomic mass is 16.5. The van der Waals surface area contributed by atoms with Crippen LogP contribution in [-0.4, -0.2) is 4.98 Å². The van der Waals surface area contributed by atoms with Gasteiger partial charge < -0.3 is 9.64 Å². The Kier molecular flexibility index (Phi) is 4.32. The molecule has 0 amide bonds. The highest BCUT2D eigenvalue weighted by Gasteiger charge is 2.26. The zero-order valence-corrected chi connectivity index (χ0v) is 17.5. The average Bonchev–Trinajstić information content (AvgIpc) is 2.77. The van der Waals surface area contributed by atoms with Crippen LogP contribution >= 0.6 is 0 Å². The molecule has 4 aromatic rings. The van der Waals surface area contributed by atoms with E-state index in [1.54, 1.807) is 0 Å². The van der Waals surface area contributed by atoms with Crippen LogP contribution in [-0.2, 0) is 5.41 Å². The summed E-state index contributed by atoms with van der Waals surface area (Å²) in [6.45, 7) is 6.71. The Morgan fingerprint density at radius 1 is 0.733 bits per heavy atom. The van der Waals surface area contributed by atoms with Gasteiger partial charge in [-0.15, -0.1) is 0 Å². The summed E-state index contributed by atoms with van der Waals surface area (Å²) in [6, 6.07) is 29.2. The highest BCUT2D eigenvalue weighted by molar-refractivity contribution is 5.87. The van der Waals surface area contributed by atoms with Crippen LogP contribution in [0.25, 0.3) is 11.3 Å². The van der Waals surface area contributed by atoms with Crippen molar-refractivity contribution in [2.75, 3.05) is 4.90 Å². The van der Waals surface area contributed by atoms with Gasteiger partial charge in [-0.2, -0.15) is 0 Å². The summed E-state index contributed by atoms with van der Waals surface area (Å²) in [5.74, 6) is 1.68. The number of aromatic nitrogens is 1. The lowest BCUT2D eigenvalue weighted by Crippen LogP contribution is -2.16. The van der Waals surface area contributed by atoms with E-state index in [2.05, 4.69) is 79.2 Å². The number of fused-ring (bicyclic) bond motifs is 2. The van der Waals surface area contributed by atoms with Gasteiger partial charge in [-0.3, -0.25) is 4.98 Å². The first-order valence-electron chi connectivity index (χ1n) is 10.2. The van der Waals surface area contributed by atoms with Crippen molar-refractivity contribution in [2.45, 2.75) is 26.2 Å². The lowest BCUT2D eigenvalue weighted by molar-refractivity contribution is 0.477. The van der Waals surface area contributed by atoms with Crippen molar-refractivity contribution in [2.24, 2.45) is 0 Å². The van der Waals surface area contributed by atoms with E-state index < -0.39 is 0 Å². The Balaban J connectivity index is 1.63. The van der Waals surface area contributed by atoms with Gasteiger partial charge in [-0.25, -0.2) is 0 Å². The van der Waals surface area contributed by atoms with Crippen molar-refractivity contribution in [3.05, 3.63) is 96.7 Å². The molecule has 0 fully saturated rings. The van der Waals surface area contributed by atoms with Gasteiger partial charge in [0, 0.05) is 17.4 Å². The standard InChI is InChI=1S/C27H24N2O/c1-27(2,3)20-12-14-21(15-13-20)29-23-9-4-5-10-25(23)30-26-18-19(11-16-24(26)29)22-8-6-7-17-28-22/h4-18H,1-3H3. The number of para-hydroxylation sites is 2. The largest absolute Gasteiger partial charge is 0.453 e. The SMILES string of the molecule is CC(C)(C)c1ccc(N2c3ccccc3Oc3cc(-c4ccccn4)ccc32)cc1. The molecule has 0 unspecified atom stereocenters. The summed E-state index contributed by atoms with van der Waals surface area (Å²) in [7, 11) is 0. The lowest BCUT2D eigenvalue weighted by atomic mass is 9.87. The third-order valence-corrected chi connectivity index (χ3v) is 5.48. The summed E-state index contributed by atoms with van der Waals surface area (Å²) in [4.78, 5) is 6.75. The Morgan fingerprint density at radius 3 is 2.20 bits per heavy atom. The molecule has 1 aliphatic heterocycles. The molecule has 0 radical (unpaired) electrons. The van der Waals surface area contributed by atoms with Crippen molar-refractivity contribution in [3.8, 4) is 22.8 Å². The van der Waals surface area contributed by atoms with Gasteiger partial charge >= 0.3 is 0 Å². The van der Waals surface area contributed by atoms with E-state index in [1.807, 2.05) is 42.6 Å². The first-order valence-corrected chi connectivity index (χ1v) is 10.2. The molecule has 0 N–H and O–H groups in total. The third-order valence-electron chi connectivity index (χ3n) is 5.48. The van der Waals surface area contributed by atoms with Crippen LogP contribution in [0.4, 0.5) is 17.1 Å². The lowest BCUT2D eigenvalue weighted by Gasteiger charge is -2.33. The van der Waals surface area contributed by atoms with Crippen LogP contribution in [0.3, 0.4) is 0 Å². The quantitative estimate of drug-likeness (QED) is 0.309. The van der Waals surface area contributed by atoms with Crippen LogP contribution in [0.1, 0.15) is 26.3 Å². The topological polar surface area (TPSA) is 25.4 Å². The molecule has 0 aliphatic carbocycles. The Bertz CT molecular complexity index is 1190. The van der Waals surface area contributed by atoms with E-state index in [4.69, 9.17) is 4.74 Å². The summed E-state index contributed by atoms with van der Waals surface area (Å²) < 4.78 is 6.30. The van der Waals surface area contributed by atoms with Gasteiger partial charge in [0.05, 0.1) is 17.1 Å². The molecule has 148 valence electrons. The molecule has 3 aromatic carbocycles. The monoisotopic (exact) mass is 392 g/mol. The van der Waals surface area contributed by atoms with E-state index in [1.165, 1.54) is 5.56 Å². The highest BCUT2D eigenvalue weighted by Crippen LogP contribution is 2.51. The first-order chi connectivity index (χ1) is 14.5. The number of ether oxygens (including phenoxy) is 1. The summed E-state index contributed by atoms with van der Waals surface area (Å²) in [5.41, 5.74) is 6.59. The third kappa shape index (κ3) is 3.22. The molecule has 3 nitrogen and oxygen atoms in total. The fraction of sp³-hybridized carbons (Fsp3) is 0.148. The van der Waals surface area contributed by atoms with E-state index in [-0.39, 0.29) is 5.41 Å². The van der Waals surface area contributed by atoms with E-state index in [9.17, 15) is 0 Å². The summed E-state index contributed by atoms with van der Waals surface area (Å²) in [5, 5.41) is 0. The predicted octanol–water partition coefficient (Wildman–Crippen LogP) is 7.62. The Hall–Kier alpha value is -3.59. The fourth-order valence-electron chi connectivity index (χ4n) is 3.84. The number of hydrogen-bond donors (Lipinski definition) is 0. The maximum atomic E-state index is 6.30. The first kappa shape index (κ1) is 18.4. The van der Waals surface area contributed by atoms with Gasteiger partial charge in [0.15, 0.2) is 11.5 Å². The van der Waals surface area contributed by atoms with Crippen molar-refractivity contribution >= 4 is 17.1 Å². The summed E-state index contributed by atoms with van der Waals surface area (Å²) >= 11 is 0. The number of nitrogens with zero attached hydrogens (tertiary/aromatic N) is 2. The van der Waals surface area contributed by atoms with Gasteiger partial charge in [-0.05, 0) is 59.5 Å². The molecule has 5 rings (SSSR count). The molecule has 0 saturated heterocycles. The molecule has 0 bridgehead atoms. The molecular formula is C27H24N2O. The maximum Gasteiger partial charge on any atom is 0.152 e. The van der Waals surface area contributed by atoms with Gasteiger partial charge in [0.25, 0.3) is 0 Å². The molecule has 1 aromatic heterocycles. The normalized spacial score (nSPS) is 12.7. The average molecular weight is 393 g/mol. The zero-order valence-electron chi connectivity index (χ0n) is 17.5. The molecule has 1 aliphatic rings. The minimum absolute atomic E-state index is 0.122. The second-order valence-corrected chi connectivity index (χ2v) is 8.60. The second kappa shape index (κ2) is 7.03. The van der Waals surface area contributed by atoms with Crippen LogP contribution < -0.4 is 9.64 Å². The van der Waals surface area contributed by atoms with E-state index in [0.29, 0.717) is 0 Å². The van der Waals surface area contributed by atoms with E-state index in [0.717, 1.165) is 39.8 Å². The van der Waals surface area contributed by atoms with Gasteiger partial charge in [0.1, 0.15) is 0 Å². The fourth-order valence-corrected chi connectivity index (χ4v) is 3.84. The molecule has 0 spiro atoms. The smallest absolute Gasteiger partial charge is 0.152 e. The minimum Gasteiger partial charge on any atom is -0.453 e. The van der Waals surface area contributed by atoms with Crippen molar-refractivity contribution in [1.82, 2.24) is 4.98 Å². The molecule has 0 atom stereocenters. The van der Waals surface area contributed by atoms with E-state index >= 15 is 0 Å². The molecule has 30 heavy (non-hydrogen) atoms. The Labute approximate surface area is 177 Å². The van der Waals surface area contributed by atoms with Gasteiger partial charge in [0.2, 0.25) is 0 Å². The number of benzene rings is 3. The maximum absolute atomic E-state index is 6.30. The molecular weight excluding hydrogens is 368 g/mol. The molecule has 2 heterocycles. The van der Waals surface area contributed by atoms with Crippen molar-refractivity contribution < 1.29 is 4.74 Å². The van der Waals surface area contributed by atoms with Crippen LogP contribution in [0.5, 0.6) is 11.5 Å². The molecule has 3 heteroatoms. The van der Waals surface area contributed by atoms with Crippen LogP contribution in [0.15, 0.2) is 91.1 Å². The number of hydrogen-bond acceptors (Lipinski definition) is 3. The summed E-state index contributed by atoms with van der Waals surface area (Å²) in [6.07, 6.45) is 1.81. The zero-order chi connectivity index (χ0) is 20.7. The molecule has 0 saturated carbocycles. The second-order valence-electron chi connectivity index (χ2n) is 8.60. The Morgan fingerprint density at radius 2 is 1.47 bits per heavy atom. The number of pyridine rings is 1. The van der Waals surface area contributed by atoms with Gasteiger partial charge in [-0.1, -0.05) is 57.2 Å².